The number of benzene rings is 2. The van der Waals surface area contributed by atoms with E-state index in [9.17, 15) is 5.11 Å². The highest BCUT2D eigenvalue weighted by molar-refractivity contribution is 5.84. The molecule has 3 aromatic rings. The van der Waals surface area contributed by atoms with Crippen LogP contribution in [0.25, 0.3) is 10.8 Å². The van der Waals surface area contributed by atoms with Crippen molar-refractivity contribution in [2.45, 2.75) is 25.4 Å². The Kier molecular flexibility index (Phi) is 4.27. The smallest absolute Gasteiger partial charge is 0.0966 e. The van der Waals surface area contributed by atoms with Crippen LogP contribution in [0.5, 0.6) is 0 Å². The molecule has 0 spiro atoms. The van der Waals surface area contributed by atoms with E-state index in [1.54, 1.807) is 6.20 Å². The van der Waals surface area contributed by atoms with Crippen LogP contribution in [0, 0.1) is 0 Å². The van der Waals surface area contributed by atoms with Crippen LogP contribution < -0.4 is 0 Å². The molecule has 0 bridgehead atoms. The van der Waals surface area contributed by atoms with Gasteiger partial charge in [0, 0.05) is 11.6 Å². The van der Waals surface area contributed by atoms with E-state index in [4.69, 9.17) is 0 Å². The fourth-order valence-electron chi connectivity index (χ4n) is 2.69. The Hall–Kier alpha value is -2.19. The van der Waals surface area contributed by atoms with Gasteiger partial charge in [0.15, 0.2) is 0 Å². The first-order valence-corrected chi connectivity index (χ1v) is 7.40. The summed E-state index contributed by atoms with van der Waals surface area (Å²) in [4.78, 5) is 4.38. The zero-order valence-electron chi connectivity index (χ0n) is 11.9. The van der Waals surface area contributed by atoms with Crippen LogP contribution >= 0.6 is 0 Å². The van der Waals surface area contributed by atoms with Crippen molar-refractivity contribution < 1.29 is 5.11 Å². The molecular formula is C19H19NO. The molecule has 2 aromatic carbocycles. The minimum absolute atomic E-state index is 0.500. The molecule has 0 saturated carbocycles. The number of pyridine rings is 1. The quantitative estimate of drug-likeness (QED) is 0.754. The molecule has 0 saturated heterocycles. The van der Waals surface area contributed by atoms with E-state index < -0.39 is 6.10 Å². The van der Waals surface area contributed by atoms with Gasteiger partial charge in [0.2, 0.25) is 0 Å². The SMILES string of the molecule is OC(CCCc1ccccc1)c1nccc2ccccc12. The first kappa shape index (κ1) is 13.8. The number of aliphatic hydroxyl groups excluding tert-OH is 1. The molecule has 1 unspecified atom stereocenters. The predicted octanol–water partition coefficient (Wildman–Crippen LogP) is 4.29. The second-order valence-corrected chi connectivity index (χ2v) is 5.31. The molecule has 1 heterocycles. The molecule has 0 aliphatic heterocycles. The van der Waals surface area contributed by atoms with Crippen molar-refractivity contribution in [3.63, 3.8) is 0 Å². The summed E-state index contributed by atoms with van der Waals surface area (Å²) in [7, 11) is 0. The van der Waals surface area contributed by atoms with Gasteiger partial charge in [-0.15, -0.1) is 0 Å². The van der Waals surface area contributed by atoms with Gasteiger partial charge in [0.25, 0.3) is 0 Å². The Labute approximate surface area is 125 Å². The molecule has 0 amide bonds. The maximum Gasteiger partial charge on any atom is 0.0966 e. The zero-order valence-corrected chi connectivity index (χ0v) is 11.9. The monoisotopic (exact) mass is 277 g/mol. The predicted molar refractivity (Wildman–Crippen MR) is 86.1 cm³/mol. The molecule has 1 atom stereocenters. The van der Waals surface area contributed by atoms with Gasteiger partial charge in [0.05, 0.1) is 11.8 Å². The van der Waals surface area contributed by atoms with Crippen molar-refractivity contribution in [2.24, 2.45) is 0 Å². The average Bonchev–Trinajstić information content (AvgIpc) is 2.55. The van der Waals surface area contributed by atoms with Crippen molar-refractivity contribution >= 4 is 10.8 Å². The van der Waals surface area contributed by atoms with Gasteiger partial charge < -0.3 is 5.11 Å². The molecule has 0 aliphatic rings. The van der Waals surface area contributed by atoms with E-state index in [1.807, 2.05) is 30.3 Å². The Morgan fingerprint density at radius 2 is 1.67 bits per heavy atom. The van der Waals surface area contributed by atoms with Gasteiger partial charge in [0.1, 0.15) is 0 Å². The van der Waals surface area contributed by atoms with E-state index in [0.29, 0.717) is 0 Å². The second kappa shape index (κ2) is 6.51. The molecule has 0 aliphatic carbocycles. The van der Waals surface area contributed by atoms with Gasteiger partial charge >= 0.3 is 0 Å². The minimum atomic E-state index is -0.500. The summed E-state index contributed by atoms with van der Waals surface area (Å²) in [6.45, 7) is 0. The Morgan fingerprint density at radius 3 is 2.52 bits per heavy atom. The lowest BCUT2D eigenvalue weighted by Gasteiger charge is -2.12. The molecule has 0 fully saturated rings. The third kappa shape index (κ3) is 3.29. The van der Waals surface area contributed by atoms with Crippen LogP contribution in [0.2, 0.25) is 0 Å². The molecule has 0 radical (unpaired) electrons. The first-order valence-electron chi connectivity index (χ1n) is 7.40. The second-order valence-electron chi connectivity index (χ2n) is 5.31. The lowest BCUT2D eigenvalue weighted by molar-refractivity contribution is 0.161. The minimum Gasteiger partial charge on any atom is -0.387 e. The van der Waals surface area contributed by atoms with Crippen molar-refractivity contribution in [3.8, 4) is 0 Å². The van der Waals surface area contributed by atoms with E-state index in [2.05, 4.69) is 35.3 Å². The maximum atomic E-state index is 10.4. The fourth-order valence-corrected chi connectivity index (χ4v) is 2.69. The van der Waals surface area contributed by atoms with Gasteiger partial charge in [-0.2, -0.15) is 0 Å². The highest BCUT2D eigenvalue weighted by Gasteiger charge is 2.12. The summed E-state index contributed by atoms with van der Waals surface area (Å²) in [5.74, 6) is 0. The molecule has 2 heteroatoms. The van der Waals surface area contributed by atoms with Crippen LogP contribution in [-0.4, -0.2) is 10.1 Å². The van der Waals surface area contributed by atoms with Crippen LogP contribution in [0.1, 0.15) is 30.2 Å². The standard InChI is InChI=1S/C19H19NO/c21-18(12-6-9-15-7-2-1-3-8-15)19-17-11-5-4-10-16(17)13-14-20-19/h1-5,7-8,10-11,13-14,18,21H,6,9,12H2. The van der Waals surface area contributed by atoms with Gasteiger partial charge in [-0.3, -0.25) is 4.98 Å². The van der Waals surface area contributed by atoms with Gasteiger partial charge in [-0.25, -0.2) is 0 Å². The molecule has 3 rings (SSSR count). The molecule has 2 nitrogen and oxygen atoms in total. The third-order valence-electron chi connectivity index (χ3n) is 3.81. The summed E-state index contributed by atoms with van der Waals surface area (Å²) in [6.07, 6.45) is 3.95. The summed E-state index contributed by atoms with van der Waals surface area (Å²) < 4.78 is 0. The number of aliphatic hydroxyl groups is 1. The topological polar surface area (TPSA) is 33.1 Å². The van der Waals surface area contributed by atoms with Crippen molar-refractivity contribution in [1.29, 1.82) is 0 Å². The van der Waals surface area contributed by atoms with Crippen LogP contribution in [0.15, 0.2) is 66.9 Å². The van der Waals surface area contributed by atoms with Crippen molar-refractivity contribution in [3.05, 3.63) is 78.1 Å². The number of rotatable bonds is 5. The lowest BCUT2D eigenvalue weighted by Crippen LogP contribution is -2.02. The Bertz CT molecular complexity index is 704. The van der Waals surface area contributed by atoms with Crippen molar-refractivity contribution in [1.82, 2.24) is 4.98 Å². The molecule has 1 N–H and O–H groups in total. The van der Waals surface area contributed by atoms with Crippen molar-refractivity contribution in [2.75, 3.05) is 0 Å². The van der Waals surface area contributed by atoms with Crippen LogP contribution in [0.4, 0.5) is 0 Å². The summed E-state index contributed by atoms with van der Waals surface area (Å²) in [5.41, 5.74) is 2.11. The van der Waals surface area contributed by atoms with E-state index in [1.165, 1.54) is 5.56 Å². The first-order chi connectivity index (χ1) is 10.3. The van der Waals surface area contributed by atoms with Crippen LogP contribution in [0.3, 0.4) is 0 Å². The van der Waals surface area contributed by atoms with E-state index >= 15 is 0 Å². The number of nitrogens with zero attached hydrogens (tertiary/aromatic N) is 1. The molecule has 1 aromatic heterocycles. The number of hydrogen-bond donors (Lipinski definition) is 1. The van der Waals surface area contributed by atoms with Gasteiger partial charge in [-0.05, 0) is 36.3 Å². The summed E-state index contributed by atoms with van der Waals surface area (Å²) in [6, 6.07) is 20.4. The number of aryl methyl sites for hydroxylation is 1. The normalized spacial score (nSPS) is 12.4. The Balaban J connectivity index is 1.68. The largest absolute Gasteiger partial charge is 0.387 e. The van der Waals surface area contributed by atoms with E-state index in [0.717, 1.165) is 35.7 Å². The maximum absolute atomic E-state index is 10.4. The highest BCUT2D eigenvalue weighted by Crippen LogP contribution is 2.25. The zero-order chi connectivity index (χ0) is 14.5. The fraction of sp³-hybridized carbons (Fsp3) is 0.211. The third-order valence-corrected chi connectivity index (χ3v) is 3.81. The lowest BCUT2D eigenvalue weighted by atomic mass is 10.0. The number of aromatic nitrogens is 1. The highest BCUT2D eigenvalue weighted by atomic mass is 16.3. The average molecular weight is 277 g/mol. The van der Waals surface area contributed by atoms with Gasteiger partial charge in [-0.1, -0.05) is 54.6 Å². The Morgan fingerprint density at radius 1 is 0.905 bits per heavy atom. The van der Waals surface area contributed by atoms with E-state index in [-0.39, 0.29) is 0 Å². The summed E-state index contributed by atoms with van der Waals surface area (Å²) in [5, 5.41) is 12.6. The number of hydrogen-bond acceptors (Lipinski definition) is 2. The molecule has 21 heavy (non-hydrogen) atoms. The van der Waals surface area contributed by atoms with Crippen LogP contribution in [-0.2, 0) is 6.42 Å². The number of fused-ring (bicyclic) bond motifs is 1. The molecule has 106 valence electrons. The molecular weight excluding hydrogens is 258 g/mol. The summed E-state index contributed by atoms with van der Waals surface area (Å²) >= 11 is 0.